The first kappa shape index (κ1) is 11.9. The van der Waals surface area contributed by atoms with E-state index in [2.05, 4.69) is 31.3 Å². The van der Waals surface area contributed by atoms with Crippen LogP contribution in [0.1, 0.15) is 38.2 Å². The highest BCUT2D eigenvalue weighted by Gasteiger charge is 2.35. The molecule has 16 heavy (non-hydrogen) atoms. The average Bonchev–Trinajstić information content (AvgIpc) is 2.31. The molecule has 0 spiro atoms. The standard InChI is InChI=1S/C14H20ClN/c1-3-14(2)8-9-16-10-13(14)11-4-6-12(15)7-5-11/h4-7,13,16H,3,8-10H2,1-2H3. The number of rotatable bonds is 2. The first-order valence-electron chi connectivity index (χ1n) is 6.12. The summed E-state index contributed by atoms with van der Waals surface area (Å²) >= 11 is 5.94. The van der Waals surface area contributed by atoms with Gasteiger partial charge in [0.05, 0.1) is 0 Å². The molecule has 1 aliphatic rings. The maximum absolute atomic E-state index is 5.94. The van der Waals surface area contributed by atoms with Gasteiger partial charge in [0.25, 0.3) is 0 Å². The zero-order valence-electron chi connectivity index (χ0n) is 10.1. The lowest BCUT2D eigenvalue weighted by Gasteiger charge is -2.41. The zero-order valence-corrected chi connectivity index (χ0v) is 10.8. The van der Waals surface area contributed by atoms with Gasteiger partial charge < -0.3 is 5.32 Å². The minimum atomic E-state index is 0.430. The van der Waals surface area contributed by atoms with Crippen molar-refractivity contribution in [3.8, 4) is 0 Å². The molecule has 0 radical (unpaired) electrons. The predicted molar refractivity (Wildman–Crippen MR) is 70.1 cm³/mol. The van der Waals surface area contributed by atoms with Crippen molar-refractivity contribution in [2.24, 2.45) is 5.41 Å². The normalized spacial score (nSPS) is 30.3. The largest absolute Gasteiger partial charge is 0.316 e. The molecule has 1 fully saturated rings. The van der Waals surface area contributed by atoms with Crippen LogP contribution in [-0.2, 0) is 0 Å². The van der Waals surface area contributed by atoms with E-state index in [0.29, 0.717) is 11.3 Å². The molecule has 2 heteroatoms. The fourth-order valence-electron chi connectivity index (χ4n) is 2.68. The Kier molecular flexibility index (Phi) is 3.56. The van der Waals surface area contributed by atoms with Gasteiger partial charge in [-0.3, -0.25) is 0 Å². The summed E-state index contributed by atoms with van der Waals surface area (Å²) in [5.41, 5.74) is 1.85. The van der Waals surface area contributed by atoms with E-state index in [1.807, 2.05) is 12.1 Å². The lowest BCUT2D eigenvalue weighted by Crippen LogP contribution is -2.41. The summed E-state index contributed by atoms with van der Waals surface area (Å²) in [4.78, 5) is 0. The number of piperidine rings is 1. The van der Waals surface area contributed by atoms with Crippen molar-refractivity contribution in [2.45, 2.75) is 32.6 Å². The van der Waals surface area contributed by atoms with E-state index >= 15 is 0 Å². The zero-order chi connectivity index (χ0) is 11.6. The number of hydrogen-bond donors (Lipinski definition) is 1. The molecule has 0 saturated carbocycles. The molecule has 1 heterocycles. The second-order valence-corrected chi connectivity index (χ2v) is 5.50. The van der Waals surface area contributed by atoms with E-state index in [-0.39, 0.29) is 0 Å². The summed E-state index contributed by atoms with van der Waals surface area (Å²) in [5, 5.41) is 4.33. The Morgan fingerprint density at radius 1 is 1.38 bits per heavy atom. The van der Waals surface area contributed by atoms with Crippen molar-refractivity contribution in [1.82, 2.24) is 5.32 Å². The van der Waals surface area contributed by atoms with E-state index in [9.17, 15) is 0 Å². The van der Waals surface area contributed by atoms with Gasteiger partial charge in [-0.15, -0.1) is 0 Å². The lowest BCUT2D eigenvalue weighted by atomic mass is 9.68. The molecule has 0 amide bonds. The molecule has 1 aromatic rings. The molecule has 88 valence electrons. The van der Waals surface area contributed by atoms with Gasteiger partial charge in [-0.25, -0.2) is 0 Å². The number of halogens is 1. The van der Waals surface area contributed by atoms with Crippen LogP contribution in [0.25, 0.3) is 0 Å². The van der Waals surface area contributed by atoms with Crippen LogP contribution in [0, 0.1) is 5.41 Å². The highest BCUT2D eigenvalue weighted by molar-refractivity contribution is 6.30. The third-order valence-corrected chi connectivity index (χ3v) is 4.39. The quantitative estimate of drug-likeness (QED) is 0.824. The Morgan fingerprint density at radius 3 is 2.69 bits per heavy atom. The van der Waals surface area contributed by atoms with Crippen molar-refractivity contribution in [3.05, 3.63) is 34.9 Å². The second kappa shape index (κ2) is 4.77. The second-order valence-electron chi connectivity index (χ2n) is 5.07. The number of nitrogens with one attached hydrogen (secondary N) is 1. The van der Waals surface area contributed by atoms with Gasteiger partial charge in [0.1, 0.15) is 0 Å². The highest BCUT2D eigenvalue weighted by Crippen LogP contribution is 2.43. The molecule has 1 aliphatic heterocycles. The number of hydrogen-bond acceptors (Lipinski definition) is 1. The molecular formula is C14H20ClN. The van der Waals surface area contributed by atoms with E-state index in [4.69, 9.17) is 11.6 Å². The van der Waals surface area contributed by atoms with Gasteiger partial charge in [-0.2, -0.15) is 0 Å². The molecule has 0 bridgehead atoms. The Morgan fingerprint density at radius 2 is 2.06 bits per heavy atom. The van der Waals surface area contributed by atoms with Crippen molar-refractivity contribution in [1.29, 1.82) is 0 Å². The van der Waals surface area contributed by atoms with Crippen LogP contribution in [0.3, 0.4) is 0 Å². The first-order chi connectivity index (χ1) is 7.65. The van der Waals surface area contributed by atoms with E-state index in [0.717, 1.165) is 18.1 Å². The molecule has 0 aromatic heterocycles. The minimum Gasteiger partial charge on any atom is -0.316 e. The van der Waals surface area contributed by atoms with E-state index in [1.165, 1.54) is 18.4 Å². The van der Waals surface area contributed by atoms with Crippen LogP contribution in [0.4, 0.5) is 0 Å². The number of benzene rings is 1. The van der Waals surface area contributed by atoms with E-state index in [1.54, 1.807) is 0 Å². The van der Waals surface area contributed by atoms with E-state index < -0.39 is 0 Å². The topological polar surface area (TPSA) is 12.0 Å². The van der Waals surface area contributed by atoms with Gasteiger partial charge in [-0.05, 0) is 36.1 Å². The molecule has 2 atom stereocenters. The maximum atomic E-state index is 5.94. The Labute approximate surface area is 103 Å². The highest BCUT2D eigenvalue weighted by atomic mass is 35.5. The van der Waals surface area contributed by atoms with Crippen LogP contribution in [0.2, 0.25) is 5.02 Å². The van der Waals surface area contributed by atoms with Gasteiger partial charge in [0.15, 0.2) is 0 Å². The first-order valence-corrected chi connectivity index (χ1v) is 6.50. The SMILES string of the molecule is CCC1(C)CCNCC1c1ccc(Cl)cc1. The molecule has 1 aromatic carbocycles. The molecule has 1 saturated heterocycles. The van der Waals surface area contributed by atoms with Crippen LogP contribution in [-0.4, -0.2) is 13.1 Å². The molecule has 1 nitrogen and oxygen atoms in total. The van der Waals surface area contributed by atoms with Crippen LogP contribution in [0.5, 0.6) is 0 Å². The summed E-state index contributed by atoms with van der Waals surface area (Å²) in [5.74, 6) is 0.614. The lowest BCUT2D eigenvalue weighted by molar-refractivity contribution is 0.180. The Balaban J connectivity index is 2.26. The van der Waals surface area contributed by atoms with Crippen molar-refractivity contribution in [3.63, 3.8) is 0 Å². The maximum Gasteiger partial charge on any atom is 0.0406 e. The Hall–Kier alpha value is -0.530. The summed E-state index contributed by atoms with van der Waals surface area (Å²) in [6.07, 6.45) is 2.50. The van der Waals surface area contributed by atoms with Gasteiger partial charge in [-0.1, -0.05) is 44.0 Å². The van der Waals surface area contributed by atoms with Crippen LogP contribution in [0.15, 0.2) is 24.3 Å². The van der Waals surface area contributed by atoms with Gasteiger partial charge >= 0.3 is 0 Å². The third-order valence-electron chi connectivity index (χ3n) is 4.14. The molecular weight excluding hydrogens is 218 g/mol. The van der Waals surface area contributed by atoms with Gasteiger partial charge in [0, 0.05) is 17.5 Å². The summed E-state index contributed by atoms with van der Waals surface area (Å²) in [6.45, 7) is 6.95. The third kappa shape index (κ3) is 2.26. The Bertz CT molecular complexity index is 346. The monoisotopic (exact) mass is 237 g/mol. The van der Waals surface area contributed by atoms with Crippen molar-refractivity contribution >= 4 is 11.6 Å². The van der Waals surface area contributed by atoms with Gasteiger partial charge in [0.2, 0.25) is 0 Å². The molecule has 0 aliphatic carbocycles. The predicted octanol–water partition coefficient (Wildman–Crippen LogP) is 3.83. The molecule has 1 N–H and O–H groups in total. The minimum absolute atomic E-state index is 0.430. The fraction of sp³-hybridized carbons (Fsp3) is 0.571. The molecule has 2 rings (SSSR count). The van der Waals surface area contributed by atoms with Crippen LogP contribution >= 0.6 is 11.6 Å². The van der Waals surface area contributed by atoms with Crippen molar-refractivity contribution in [2.75, 3.05) is 13.1 Å². The summed E-state index contributed by atoms with van der Waals surface area (Å²) < 4.78 is 0. The average molecular weight is 238 g/mol. The van der Waals surface area contributed by atoms with Crippen LogP contribution < -0.4 is 5.32 Å². The smallest absolute Gasteiger partial charge is 0.0406 e. The van der Waals surface area contributed by atoms with Crippen molar-refractivity contribution < 1.29 is 0 Å². The molecule has 2 unspecified atom stereocenters. The summed E-state index contributed by atoms with van der Waals surface area (Å²) in [7, 11) is 0. The summed E-state index contributed by atoms with van der Waals surface area (Å²) in [6, 6.07) is 8.35. The fourth-order valence-corrected chi connectivity index (χ4v) is 2.81.